The van der Waals surface area contributed by atoms with Gasteiger partial charge >= 0.3 is 5.97 Å². The number of anilines is 1. The lowest BCUT2D eigenvalue weighted by molar-refractivity contribution is -0.503. The van der Waals surface area contributed by atoms with Gasteiger partial charge in [0, 0.05) is 47.1 Å². The third-order valence-corrected chi connectivity index (χ3v) is 7.57. The molecule has 3 unspecified atom stereocenters. The summed E-state index contributed by atoms with van der Waals surface area (Å²) >= 11 is 0. The van der Waals surface area contributed by atoms with E-state index in [0.29, 0.717) is 39.4 Å². The molecule has 13 nitrogen and oxygen atoms in total. The topological polar surface area (TPSA) is 195 Å². The van der Waals surface area contributed by atoms with Crippen LogP contribution in [0.15, 0.2) is 49.1 Å². The molecular formula is C25H26BFN5O8P. The standard InChI is InChI=1S/C25H26BFN5O8P/c1-12-18(29-6-5-28-12)8-13-7-16(17(27)10-20(13)39-2)21-15-4-3-14(9-19(15)30-11-31-21)32-23(34,35)22(26,33)40-25(37,38)24(32,36)41/h3-7,9-11,33-38H,8,26,41H2,1-2H3. The molecule has 6 N–H and O–H groups in total. The van der Waals surface area contributed by atoms with Crippen LogP contribution >= 0.6 is 9.24 Å². The van der Waals surface area contributed by atoms with Gasteiger partial charge in [-0.05, 0) is 31.2 Å². The van der Waals surface area contributed by atoms with E-state index in [1.54, 1.807) is 27.7 Å². The predicted octanol–water partition coefficient (Wildman–Crippen LogP) is -0.952. The number of halogens is 1. The number of methoxy groups -OCH3 is 1. The Kier molecular flexibility index (Phi) is 7.00. The van der Waals surface area contributed by atoms with E-state index in [1.165, 1.54) is 31.4 Å². The molecule has 3 atom stereocenters. The van der Waals surface area contributed by atoms with Crippen LogP contribution in [0.25, 0.3) is 22.2 Å². The molecule has 0 saturated carbocycles. The molecule has 1 saturated heterocycles. The van der Waals surface area contributed by atoms with Crippen molar-refractivity contribution in [1.29, 1.82) is 0 Å². The molecule has 16 heteroatoms. The van der Waals surface area contributed by atoms with E-state index in [-0.39, 0.29) is 22.5 Å². The maximum Gasteiger partial charge on any atom is 0.334 e. The van der Waals surface area contributed by atoms with Crippen molar-refractivity contribution in [1.82, 2.24) is 19.9 Å². The summed E-state index contributed by atoms with van der Waals surface area (Å²) in [5.41, 5.74) is -3.75. The highest BCUT2D eigenvalue weighted by Gasteiger charge is 2.70. The molecule has 0 amide bonds. The summed E-state index contributed by atoms with van der Waals surface area (Å²) in [6.07, 6.45) is 4.59. The van der Waals surface area contributed by atoms with Crippen LogP contribution < -0.4 is 9.64 Å². The van der Waals surface area contributed by atoms with Crippen molar-refractivity contribution < 1.29 is 44.5 Å². The molecule has 0 bridgehead atoms. The summed E-state index contributed by atoms with van der Waals surface area (Å²) < 4.78 is 25.4. The average molecular weight is 585 g/mol. The minimum Gasteiger partial charge on any atom is -0.496 e. The average Bonchev–Trinajstić information content (AvgIpc) is 2.88. The Labute approximate surface area is 235 Å². The minimum atomic E-state index is -3.48. The lowest BCUT2D eigenvalue weighted by atomic mass is 9.87. The monoisotopic (exact) mass is 585 g/mol. The van der Waals surface area contributed by atoms with E-state index in [4.69, 9.17) is 4.74 Å². The maximum absolute atomic E-state index is 15.4. The number of morpholine rings is 1. The molecule has 1 aliphatic heterocycles. The number of aryl methyl sites for hydroxylation is 1. The molecule has 0 aliphatic carbocycles. The van der Waals surface area contributed by atoms with Crippen LogP contribution in [0.3, 0.4) is 0 Å². The van der Waals surface area contributed by atoms with Gasteiger partial charge in [-0.1, -0.05) is 9.24 Å². The van der Waals surface area contributed by atoms with Crippen LogP contribution in [-0.2, 0) is 11.2 Å². The smallest absolute Gasteiger partial charge is 0.334 e. The fraction of sp³-hybridized carbons (Fsp3) is 0.280. The van der Waals surface area contributed by atoms with Crippen molar-refractivity contribution in [2.45, 2.75) is 36.4 Å². The number of rotatable bonds is 5. The predicted molar refractivity (Wildman–Crippen MR) is 147 cm³/mol. The van der Waals surface area contributed by atoms with Crippen molar-refractivity contribution >= 4 is 33.7 Å². The Morgan fingerprint density at radius 2 is 1.73 bits per heavy atom. The maximum atomic E-state index is 15.4. The molecule has 4 aromatic rings. The number of hydrogen-bond donors (Lipinski definition) is 6. The highest BCUT2D eigenvalue weighted by molar-refractivity contribution is 7.19. The Bertz CT molecular complexity index is 1630. The van der Waals surface area contributed by atoms with Crippen LogP contribution in [0, 0.1) is 12.7 Å². The third-order valence-electron chi connectivity index (χ3n) is 6.94. The zero-order valence-electron chi connectivity index (χ0n) is 22.0. The number of nitrogens with zero attached hydrogens (tertiary/aromatic N) is 5. The van der Waals surface area contributed by atoms with E-state index >= 15 is 4.39 Å². The van der Waals surface area contributed by atoms with Gasteiger partial charge in [-0.2, -0.15) is 0 Å². The molecular weight excluding hydrogens is 559 g/mol. The number of ether oxygens (including phenoxy) is 2. The van der Waals surface area contributed by atoms with Crippen molar-refractivity contribution in [3.63, 3.8) is 0 Å². The second-order valence-corrected chi connectivity index (χ2v) is 10.5. The molecule has 2 aromatic heterocycles. The normalized spacial score (nSPS) is 23.5. The molecule has 5 rings (SSSR count). The van der Waals surface area contributed by atoms with Crippen molar-refractivity contribution in [3.05, 3.63) is 71.8 Å². The number of aliphatic hydroxyl groups is 6. The number of fused-ring (bicyclic) bond motifs is 1. The molecule has 214 valence electrons. The number of hydrogen-bond acceptors (Lipinski definition) is 13. The van der Waals surface area contributed by atoms with Gasteiger partial charge in [-0.25, -0.2) is 14.4 Å². The lowest BCUT2D eigenvalue weighted by Crippen LogP contribution is -2.83. The number of aromatic nitrogens is 4. The summed E-state index contributed by atoms with van der Waals surface area (Å²) in [7, 11) is 3.83. The first-order valence-electron chi connectivity index (χ1n) is 12.1. The van der Waals surface area contributed by atoms with Crippen molar-refractivity contribution in [3.8, 4) is 17.0 Å². The van der Waals surface area contributed by atoms with Gasteiger partial charge in [-0.15, -0.1) is 0 Å². The van der Waals surface area contributed by atoms with Crippen LogP contribution in [0.2, 0.25) is 0 Å². The van der Waals surface area contributed by atoms with Crippen molar-refractivity contribution in [2.75, 3.05) is 12.0 Å². The van der Waals surface area contributed by atoms with Crippen LogP contribution in [0.5, 0.6) is 5.75 Å². The first-order valence-corrected chi connectivity index (χ1v) is 12.7. The van der Waals surface area contributed by atoms with E-state index < -0.39 is 28.9 Å². The van der Waals surface area contributed by atoms with Crippen LogP contribution in [0.1, 0.15) is 17.0 Å². The first kappa shape index (κ1) is 29.1. The summed E-state index contributed by atoms with van der Waals surface area (Å²) in [5, 5.41) is 63.7. The van der Waals surface area contributed by atoms with Crippen molar-refractivity contribution in [2.24, 2.45) is 0 Å². The van der Waals surface area contributed by atoms with Gasteiger partial charge < -0.3 is 35.4 Å². The molecule has 1 aliphatic rings. The second-order valence-electron chi connectivity index (χ2n) is 9.72. The van der Waals surface area contributed by atoms with Gasteiger partial charge in [-0.3, -0.25) is 19.6 Å². The molecule has 0 spiro atoms. The summed E-state index contributed by atoms with van der Waals surface area (Å²) in [6.45, 7) is 1.81. The van der Waals surface area contributed by atoms with Crippen LogP contribution in [-0.4, -0.2) is 88.6 Å². The Morgan fingerprint density at radius 3 is 2.41 bits per heavy atom. The minimum absolute atomic E-state index is 0.114. The largest absolute Gasteiger partial charge is 0.496 e. The zero-order valence-corrected chi connectivity index (χ0v) is 23.2. The van der Waals surface area contributed by atoms with E-state index in [1.807, 2.05) is 6.92 Å². The Morgan fingerprint density at radius 1 is 1.02 bits per heavy atom. The summed E-state index contributed by atoms with van der Waals surface area (Å²) in [6, 6.07) is 6.73. The molecule has 41 heavy (non-hydrogen) atoms. The first-order chi connectivity index (χ1) is 19.1. The van der Waals surface area contributed by atoms with E-state index in [0.717, 1.165) is 14.2 Å². The van der Waals surface area contributed by atoms with E-state index in [2.05, 4.69) is 24.7 Å². The van der Waals surface area contributed by atoms with Gasteiger partial charge in [0.15, 0.2) is 7.85 Å². The van der Waals surface area contributed by atoms with Gasteiger partial charge in [0.1, 0.15) is 17.9 Å². The fourth-order valence-corrected chi connectivity index (χ4v) is 5.08. The fourth-order valence-electron chi connectivity index (χ4n) is 4.69. The molecule has 2 aromatic carbocycles. The number of benzene rings is 2. The molecule has 3 heterocycles. The molecule has 0 radical (unpaired) electrons. The van der Waals surface area contributed by atoms with Crippen LogP contribution in [0.4, 0.5) is 10.1 Å². The van der Waals surface area contributed by atoms with Gasteiger partial charge in [0.2, 0.25) is 11.2 Å². The SMILES string of the molecule is BC1(O)OC(O)(O)C(O)(P)N(c2ccc3c(-c4cc(Cc5nccnc5C)c(OC)cc4F)ncnc3c2)C1(O)O. The Balaban J connectivity index is 1.64. The molecule has 1 fully saturated rings. The van der Waals surface area contributed by atoms with Gasteiger partial charge in [0.25, 0.3) is 5.91 Å². The third kappa shape index (κ3) is 4.70. The second kappa shape index (κ2) is 9.86. The highest BCUT2D eigenvalue weighted by atomic mass is 31.0. The Hall–Kier alpha value is -3.40. The summed E-state index contributed by atoms with van der Waals surface area (Å²) in [5.74, 6) is -7.19. The highest BCUT2D eigenvalue weighted by Crippen LogP contribution is 2.48. The van der Waals surface area contributed by atoms with E-state index in [9.17, 15) is 30.6 Å². The quantitative estimate of drug-likeness (QED) is 0.0955. The zero-order chi connectivity index (χ0) is 30.0. The summed E-state index contributed by atoms with van der Waals surface area (Å²) in [4.78, 5) is 17.4. The van der Waals surface area contributed by atoms with Gasteiger partial charge in [0.05, 0.1) is 29.7 Å². The lowest BCUT2D eigenvalue weighted by Gasteiger charge is -2.59.